The van der Waals surface area contributed by atoms with E-state index in [0.717, 1.165) is 6.42 Å². The molecule has 1 aromatic heterocycles. The number of hydrogen-bond donors (Lipinski definition) is 3. The van der Waals surface area contributed by atoms with Crippen LogP contribution in [0.2, 0.25) is 0 Å². The van der Waals surface area contributed by atoms with E-state index in [-0.39, 0.29) is 6.54 Å². The predicted molar refractivity (Wildman–Crippen MR) is 60.6 cm³/mol. The largest absolute Gasteiger partial charge is 0.480 e. The predicted octanol–water partition coefficient (Wildman–Crippen LogP) is -0.0466. The smallest absolute Gasteiger partial charge is 0.329 e. The number of carboxylic acids is 1. The Hall–Kier alpha value is -2.12. The van der Waals surface area contributed by atoms with Crippen molar-refractivity contribution in [1.82, 2.24) is 25.4 Å². The van der Waals surface area contributed by atoms with Gasteiger partial charge in [0.05, 0.1) is 6.54 Å². The summed E-state index contributed by atoms with van der Waals surface area (Å²) in [5.74, 6) is -0.430. The molecule has 8 heteroatoms. The van der Waals surface area contributed by atoms with Crippen LogP contribution in [0.25, 0.3) is 0 Å². The van der Waals surface area contributed by atoms with Crippen molar-refractivity contribution in [3.8, 4) is 0 Å². The first-order valence-electron chi connectivity index (χ1n) is 5.64. The Morgan fingerprint density at radius 1 is 1.61 bits per heavy atom. The van der Waals surface area contributed by atoms with Crippen LogP contribution >= 0.6 is 0 Å². The van der Waals surface area contributed by atoms with Crippen LogP contribution in [-0.2, 0) is 11.3 Å². The fourth-order valence-corrected chi connectivity index (χ4v) is 1.83. The first-order valence-corrected chi connectivity index (χ1v) is 5.64. The lowest BCUT2D eigenvalue weighted by atomic mass is 9.77. The normalized spacial score (nSPS) is 16.7. The standard InChI is InChI=1S/C10H15N5O3/c1-15(5-7-11-6-12-14-7)9(18)13-10(8(16)17)3-2-4-10/h6H,2-5H2,1H3,(H,13,18)(H,16,17)(H,11,12,14). The van der Waals surface area contributed by atoms with Gasteiger partial charge in [-0.2, -0.15) is 5.10 Å². The molecule has 18 heavy (non-hydrogen) atoms. The molecule has 0 atom stereocenters. The summed E-state index contributed by atoms with van der Waals surface area (Å²) in [6.45, 7) is 0.252. The number of nitrogens with one attached hydrogen (secondary N) is 2. The molecule has 2 amide bonds. The number of aromatic amines is 1. The fourth-order valence-electron chi connectivity index (χ4n) is 1.83. The van der Waals surface area contributed by atoms with Crippen LogP contribution < -0.4 is 5.32 Å². The van der Waals surface area contributed by atoms with Crippen LogP contribution in [0.5, 0.6) is 0 Å². The summed E-state index contributed by atoms with van der Waals surface area (Å²) in [4.78, 5) is 28.3. The highest BCUT2D eigenvalue weighted by Crippen LogP contribution is 2.32. The van der Waals surface area contributed by atoms with Crippen LogP contribution in [-0.4, -0.2) is 49.8 Å². The molecule has 1 aliphatic rings. The molecule has 0 unspecified atom stereocenters. The molecule has 1 saturated carbocycles. The number of amides is 2. The summed E-state index contributed by atoms with van der Waals surface area (Å²) in [5, 5.41) is 18.0. The van der Waals surface area contributed by atoms with Crippen molar-refractivity contribution < 1.29 is 14.7 Å². The summed E-state index contributed by atoms with van der Waals surface area (Å²) in [7, 11) is 1.58. The van der Waals surface area contributed by atoms with Gasteiger partial charge in [-0.05, 0) is 19.3 Å². The van der Waals surface area contributed by atoms with E-state index in [2.05, 4.69) is 20.5 Å². The Morgan fingerprint density at radius 2 is 2.33 bits per heavy atom. The van der Waals surface area contributed by atoms with E-state index in [0.29, 0.717) is 18.7 Å². The zero-order valence-corrected chi connectivity index (χ0v) is 10.0. The molecule has 0 aliphatic heterocycles. The number of urea groups is 1. The van der Waals surface area contributed by atoms with Gasteiger partial charge in [0.25, 0.3) is 0 Å². The van der Waals surface area contributed by atoms with Crippen molar-refractivity contribution in [2.45, 2.75) is 31.3 Å². The minimum absolute atomic E-state index is 0.252. The third-order valence-corrected chi connectivity index (χ3v) is 3.16. The highest BCUT2D eigenvalue weighted by molar-refractivity contribution is 5.87. The van der Waals surface area contributed by atoms with Crippen LogP contribution in [0.3, 0.4) is 0 Å². The lowest BCUT2D eigenvalue weighted by Gasteiger charge is -2.39. The Balaban J connectivity index is 1.93. The van der Waals surface area contributed by atoms with Crippen LogP contribution in [0.1, 0.15) is 25.1 Å². The Kier molecular flexibility index (Phi) is 3.17. The van der Waals surface area contributed by atoms with Crippen molar-refractivity contribution in [3.05, 3.63) is 12.2 Å². The number of aromatic nitrogens is 3. The summed E-state index contributed by atoms with van der Waals surface area (Å²) < 4.78 is 0. The Bertz CT molecular complexity index is 440. The quantitative estimate of drug-likeness (QED) is 0.696. The van der Waals surface area contributed by atoms with Gasteiger partial charge in [0.15, 0.2) is 0 Å². The molecule has 98 valence electrons. The highest BCUT2D eigenvalue weighted by atomic mass is 16.4. The zero-order chi connectivity index (χ0) is 13.2. The number of nitrogens with zero attached hydrogens (tertiary/aromatic N) is 3. The number of hydrogen-bond acceptors (Lipinski definition) is 4. The molecule has 1 heterocycles. The van der Waals surface area contributed by atoms with Gasteiger partial charge < -0.3 is 15.3 Å². The van der Waals surface area contributed by atoms with Gasteiger partial charge in [-0.1, -0.05) is 0 Å². The Labute approximate surface area is 103 Å². The number of carbonyl (C=O) groups is 2. The molecule has 0 radical (unpaired) electrons. The third-order valence-electron chi connectivity index (χ3n) is 3.16. The third kappa shape index (κ3) is 2.27. The van der Waals surface area contributed by atoms with Crippen molar-refractivity contribution in [2.24, 2.45) is 0 Å². The average molecular weight is 253 g/mol. The second kappa shape index (κ2) is 4.63. The second-order valence-corrected chi connectivity index (χ2v) is 4.46. The fraction of sp³-hybridized carbons (Fsp3) is 0.600. The minimum atomic E-state index is -1.09. The maximum atomic E-state index is 11.9. The summed E-state index contributed by atoms with van der Waals surface area (Å²) in [6, 6.07) is -0.423. The van der Waals surface area contributed by atoms with Crippen molar-refractivity contribution in [2.75, 3.05) is 7.05 Å². The van der Waals surface area contributed by atoms with Gasteiger partial charge in [0.1, 0.15) is 17.7 Å². The molecule has 8 nitrogen and oxygen atoms in total. The van der Waals surface area contributed by atoms with Gasteiger partial charge in [0.2, 0.25) is 0 Å². The summed E-state index contributed by atoms with van der Waals surface area (Å²) in [6.07, 6.45) is 3.12. The van der Waals surface area contributed by atoms with E-state index >= 15 is 0 Å². The van der Waals surface area contributed by atoms with Gasteiger partial charge in [0, 0.05) is 7.05 Å². The number of carboxylic acid groups (broad SMARTS) is 1. The number of carbonyl (C=O) groups excluding carboxylic acids is 1. The second-order valence-electron chi connectivity index (χ2n) is 4.46. The molecule has 0 saturated heterocycles. The molecule has 0 spiro atoms. The molecular formula is C10H15N5O3. The van der Waals surface area contributed by atoms with Gasteiger partial charge in [-0.3, -0.25) is 5.10 Å². The van der Waals surface area contributed by atoms with E-state index in [1.165, 1.54) is 11.2 Å². The number of aliphatic carboxylic acids is 1. The monoisotopic (exact) mass is 253 g/mol. The molecular weight excluding hydrogens is 238 g/mol. The van der Waals surface area contributed by atoms with Crippen LogP contribution in [0, 0.1) is 0 Å². The van der Waals surface area contributed by atoms with Gasteiger partial charge >= 0.3 is 12.0 Å². The lowest BCUT2D eigenvalue weighted by molar-refractivity contribution is -0.148. The van der Waals surface area contributed by atoms with Crippen LogP contribution in [0.15, 0.2) is 6.33 Å². The van der Waals surface area contributed by atoms with E-state index in [1.807, 2.05) is 0 Å². The molecule has 0 aromatic carbocycles. The van der Waals surface area contributed by atoms with Crippen molar-refractivity contribution >= 4 is 12.0 Å². The molecule has 1 fully saturated rings. The van der Waals surface area contributed by atoms with E-state index in [9.17, 15) is 9.59 Å². The maximum Gasteiger partial charge on any atom is 0.329 e. The topological polar surface area (TPSA) is 111 Å². The SMILES string of the molecule is CN(Cc1ncn[nH]1)C(=O)NC1(C(=O)O)CCC1. The molecule has 3 N–H and O–H groups in total. The molecule has 1 aliphatic carbocycles. The van der Waals surface area contributed by atoms with Crippen LogP contribution in [0.4, 0.5) is 4.79 Å². The summed E-state index contributed by atoms with van der Waals surface area (Å²) in [5.41, 5.74) is -1.09. The zero-order valence-electron chi connectivity index (χ0n) is 10.0. The van der Waals surface area contributed by atoms with E-state index in [4.69, 9.17) is 5.11 Å². The summed E-state index contributed by atoms with van der Waals surface area (Å²) >= 11 is 0. The number of H-pyrrole nitrogens is 1. The van der Waals surface area contributed by atoms with Gasteiger partial charge in [-0.15, -0.1) is 0 Å². The minimum Gasteiger partial charge on any atom is -0.480 e. The highest BCUT2D eigenvalue weighted by Gasteiger charge is 2.46. The molecule has 0 bridgehead atoms. The first kappa shape index (κ1) is 12.3. The van der Waals surface area contributed by atoms with E-state index in [1.54, 1.807) is 7.05 Å². The first-order chi connectivity index (χ1) is 8.53. The number of rotatable bonds is 4. The Morgan fingerprint density at radius 3 is 2.78 bits per heavy atom. The molecule has 2 rings (SSSR count). The molecule has 1 aromatic rings. The maximum absolute atomic E-state index is 11.9. The van der Waals surface area contributed by atoms with Gasteiger partial charge in [-0.25, -0.2) is 14.6 Å². The lowest BCUT2D eigenvalue weighted by Crippen LogP contribution is -2.61. The van der Waals surface area contributed by atoms with Crippen molar-refractivity contribution in [1.29, 1.82) is 0 Å². The average Bonchev–Trinajstić information content (AvgIpc) is 2.75. The van der Waals surface area contributed by atoms with E-state index < -0.39 is 17.5 Å². The van der Waals surface area contributed by atoms with Crippen molar-refractivity contribution in [3.63, 3.8) is 0 Å².